The average molecular weight is 235 g/mol. The Hall–Kier alpha value is -2.04. The van der Waals surface area contributed by atoms with E-state index in [4.69, 9.17) is 5.73 Å². The van der Waals surface area contributed by atoms with Crippen LogP contribution < -0.4 is 11.1 Å². The maximum atomic E-state index is 10.6. The third kappa shape index (κ3) is 4.14. The van der Waals surface area contributed by atoms with E-state index >= 15 is 0 Å². The first-order valence-corrected chi connectivity index (χ1v) is 5.42. The van der Waals surface area contributed by atoms with Gasteiger partial charge in [0.15, 0.2) is 0 Å². The molecule has 0 saturated carbocycles. The van der Waals surface area contributed by atoms with Crippen LogP contribution in [0.25, 0.3) is 0 Å². The van der Waals surface area contributed by atoms with E-state index in [0.29, 0.717) is 17.9 Å². The summed E-state index contributed by atoms with van der Waals surface area (Å²) in [5.74, 6) is 0. The van der Waals surface area contributed by atoms with Crippen molar-refractivity contribution in [3.63, 3.8) is 0 Å². The van der Waals surface area contributed by atoms with Crippen molar-refractivity contribution in [1.82, 2.24) is 0 Å². The Labute approximate surface area is 100 Å². The van der Waals surface area contributed by atoms with Gasteiger partial charge in [-0.15, -0.1) is 0 Å². The molecule has 3 N–H and O–H groups in total. The minimum Gasteiger partial charge on any atom is -0.397 e. The molecule has 0 fully saturated rings. The lowest BCUT2D eigenvalue weighted by atomic mass is 10.2. The van der Waals surface area contributed by atoms with Crippen molar-refractivity contribution < 1.29 is 4.92 Å². The Bertz CT molecular complexity index is 437. The van der Waals surface area contributed by atoms with Gasteiger partial charge in [-0.25, -0.2) is 0 Å². The molecule has 0 spiro atoms. The number of hydrogen-bond acceptors (Lipinski definition) is 4. The van der Waals surface area contributed by atoms with Crippen molar-refractivity contribution in [3.8, 4) is 0 Å². The summed E-state index contributed by atoms with van der Waals surface area (Å²) in [5.41, 5.74) is 8.16. The quantitative estimate of drug-likeness (QED) is 0.270. The number of nitrogens with one attached hydrogen (secondary N) is 1. The molecule has 0 radical (unpaired) electrons. The second kappa shape index (κ2) is 5.89. The van der Waals surface area contributed by atoms with Gasteiger partial charge in [0.2, 0.25) is 0 Å². The highest BCUT2D eigenvalue weighted by atomic mass is 16.6. The van der Waals surface area contributed by atoms with Gasteiger partial charge in [0, 0.05) is 18.7 Å². The van der Waals surface area contributed by atoms with Crippen LogP contribution >= 0.6 is 0 Å². The predicted octanol–water partition coefficient (Wildman–Crippen LogP) is 2.95. The fourth-order valence-corrected chi connectivity index (χ4v) is 1.38. The second-order valence-corrected chi connectivity index (χ2v) is 4.03. The van der Waals surface area contributed by atoms with Crippen molar-refractivity contribution in [3.05, 3.63) is 40.0 Å². The van der Waals surface area contributed by atoms with Crippen molar-refractivity contribution in [2.45, 2.75) is 20.3 Å². The third-order valence-electron chi connectivity index (χ3n) is 2.26. The number of nitrogens with zero attached hydrogens (tertiary/aromatic N) is 1. The van der Waals surface area contributed by atoms with Crippen LogP contribution in [0.4, 0.5) is 17.1 Å². The zero-order valence-electron chi connectivity index (χ0n) is 10.1. The van der Waals surface area contributed by atoms with Gasteiger partial charge in [0.05, 0.1) is 16.3 Å². The van der Waals surface area contributed by atoms with Crippen LogP contribution in [-0.2, 0) is 0 Å². The molecule has 1 rings (SSSR count). The first-order valence-electron chi connectivity index (χ1n) is 5.42. The lowest BCUT2D eigenvalue weighted by Gasteiger charge is -2.07. The van der Waals surface area contributed by atoms with E-state index in [1.54, 1.807) is 6.07 Å². The maximum absolute atomic E-state index is 10.6. The molecule has 0 aliphatic carbocycles. The van der Waals surface area contributed by atoms with Crippen LogP contribution in [0.15, 0.2) is 29.8 Å². The number of nitrogen functional groups attached to an aromatic ring is 1. The fourth-order valence-electron chi connectivity index (χ4n) is 1.38. The highest BCUT2D eigenvalue weighted by molar-refractivity contribution is 5.69. The van der Waals surface area contributed by atoms with Gasteiger partial charge in [0.25, 0.3) is 5.69 Å². The van der Waals surface area contributed by atoms with E-state index in [-0.39, 0.29) is 5.69 Å². The first-order chi connectivity index (χ1) is 8.00. The van der Waals surface area contributed by atoms with Crippen LogP contribution in [0.3, 0.4) is 0 Å². The molecule has 0 saturated heterocycles. The van der Waals surface area contributed by atoms with Gasteiger partial charge in [0.1, 0.15) is 0 Å². The summed E-state index contributed by atoms with van der Waals surface area (Å²) in [7, 11) is 0. The summed E-state index contributed by atoms with van der Waals surface area (Å²) in [6.45, 7) is 4.76. The number of nitro benzene ring substituents is 1. The summed E-state index contributed by atoms with van der Waals surface area (Å²) in [6, 6.07) is 4.40. The minimum atomic E-state index is -0.430. The van der Waals surface area contributed by atoms with Gasteiger partial charge in [-0.05, 0) is 26.3 Å². The zero-order valence-corrected chi connectivity index (χ0v) is 10.1. The largest absolute Gasteiger partial charge is 0.397 e. The molecule has 5 heteroatoms. The summed E-state index contributed by atoms with van der Waals surface area (Å²) in [5, 5.41) is 13.7. The number of nitro groups is 1. The molecule has 5 nitrogen and oxygen atoms in total. The lowest BCUT2D eigenvalue weighted by Crippen LogP contribution is -2.04. The topological polar surface area (TPSA) is 81.2 Å². The van der Waals surface area contributed by atoms with Crippen LogP contribution in [0, 0.1) is 10.1 Å². The number of allylic oxidation sites excluding steroid dienone is 1. The monoisotopic (exact) mass is 235 g/mol. The van der Waals surface area contributed by atoms with Crippen LogP contribution in [-0.4, -0.2) is 11.5 Å². The van der Waals surface area contributed by atoms with E-state index in [1.165, 1.54) is 17.7 Å². The van der Waals surface area contributed by atoms with Crippen LogP contribution in [0.2, 0.25) is 0 Å². The molecule has 0 aliphatic rings. The lowest BCUT2D eigenvalue weighted by molar-refractivity contribution is -0.384. The molecule has 0 atom stereocenters. The molecule has 0 aliphatic heterocycles. The molecule has 1 aromatic carbocycles. The molecule has 0 aromatic heterocycles. The van der Waals surface area contributed by atoms with E-state index in [1.807, 2.05) is 13.8 Å². The highest BCUT2D eigenvalue weighted by Crippen LogP contribution is 2.24. The van der Waals surface area contributed by atoms with Crippen LogP contribution in [0.5, 0.6) is 0 Å². The third-order valence-corrected chi connectivity index (χ3v) is 2.26. The first kappa shape index (κ1) is 13.0. The van der Waals surface area contributed by atoms with E-state index in [2.05, 4.69) is 11.4 Å². The number of benzene rings is 1. The molecular formula is C12H17N3O2. The molecule has 1 aromatic rings. The molecular weight excluding hydrogens is 218 g/mol. The normalized spacial score (nSPS) is 9.76. The summed E-state index contributed by atoms with van der Waals surface area (Å²) >= 11 is 0. The number of anilines is 2. The average Bonchev–Trinajstić information content (AvgIpc) is 2.25. The highest BCUT2D eigenvalue weighted by Gasteiger charge is 2.08. The minimum absolute atomic E-state index is 0.0453. The zero-order chi connectivity index (χ0) is 12.8. The van der Waals surface area contributed by atoms with Gasteiger partial charge in [-0.1, -0.05) is 11.6 Å². The summed E-state index contributed by atoms with van der Waals surface area (Å²) < 4.78 is 0. The van der Waals surface area contributed by atoms with Crippen molar-refractivity contribution >= 4 is 17.1 Å². The van der Waals surface area contributed by atoms with Crippen molar-refractivity contribution in [2.75, 3.05) is 17.6 Å². The van der Waals surface area contributed by atoms with Gasteiger partial charge in [-0.3, -0.25) is 10.1 Å². The Balaban J connectivity index is 2.66. The Morgan fingerprint density at radius 1 is 1.53 bits per heavy atom. The smallest absolute Gasteiger partial charge is 0.271 e. The Kier molecular flexibility index (Phi) is 4.51. The molecule has 0 amide bonds. The van der Waals surface area contributed by atoms with Crippen molar-refractivity contribution in [1.29, 1.82) is 0 Å². The molecule has 92 valence electrons. The number of nitrogens with two attached hydrogens (primary N) is 1. The predicted molar refractivity (Wildman–Crippen MR) is 70.0 cm³/mol. The number of hydrogen-bond donors (Lipinski definition) is 2. The maximum Gasteiger partial charge on any atom is 0.271 e. The fraction of sp³-hybridized carbons (Fsp3) is 0.333. The van der Waals surface area contributed by atoms with Gasteiger partial charge >= 0.3 is 0 Å². The van der Waals surface area contributed by atoms with Crippen molar-refractivity contribution in [2.24, 2.45) is 0 Å². The molecule has 17 heavy (non-hydrogen) atoms. The Morgan fingerprint density at radius 2 is 2.24 bits per heavy atom. The van der Waals surface area contributed by atoms with E-state index in [9.17, 15) is 10.1 Å². The molecule has 0 bridgehead atoms. The number of non-ortho nitro benzene ring substituents is 1. The molecule has 0 unspecified atom stereocenters. The second-order valence-electron chi connectivity index (χ2n) is 4.03. The standard InChI is InChI=1S/C12H17N3O2/c1-9(2)4-3-7-14-12-8-10(15(16)17)5-6-11(12)13/h4-6,8,14H,3,7,13H2,1-2H3. The van der Waals surface area contributed by atoms with Gasteiger partial charge < -0.3 is 11.1 Å². The van der Waals surface area contributed by atoms with E-state index in [0.717, 1.165) is 6.42 Å². The number of rotatable bonds is 5. The van der Waals surface area contributed by atoms with E-state index < -0.39 is 4.92 Å². The molecule has 0 heterocycles. The van der Waals surface area contributed by atoms with Crippen LogP contribution in [0.1, 0.15) is 20.3 Å². The summed E-state index contributed by atoms with van der Waals surface area (Å²) in [6.07, 6.45) is 2.96. The summed E-state index contributed by atoms with van der Waals surface area (Å²) in [4.78, 5) is 10.2. The SMILES string of the molecule is CC(C)=CCCNc1cc([N+](=O)[O-])ccc1N. The van der Waals surface area contributed by atoms with Gasteiger partial charge in [-0.2, -0.15) is 0 Å². The Morgan fingerprint density at radius 3 is 2.82 bits per heavy atom.